The zero-order chi connectivity index (χ0) is 13.5. The quantitative estimate of drug-likeness (QED) is 0.505. The van der Waals surface area contributed by atoms with Crippen LogP contribution in [-0.4, -0.2) is 26.8 Å². The number of nitrogens with two attached hydrogens (primary N) is 1. The van der Waals surface area contributed by atoms with Crippen molar-refractivity contribution in [1.29, 1.82) is 0 Å². The Labute approximate surface area is 113 Å². The topological polar surface area (TPSA) is 119 Å². The Morgan fingerprint density at radius 1 is 1.42 bits per heavy atom. The van der Waals surface area contributed by atoms with Gasteiger partial charge < -0.3 is 10.2 Å². The average molecular weight is 280 g/mol. The second kappa shape index (κ2) is 6.71. The number of aromatic nitrogens is 3. The molecule has 0 atom stereocenters. The van der Waals surface area contributed by atoms with Crippen molar-refractivity contribution in [2.24, 2.45) is 5.73 Å². The van der Waals surface area contributed by atoms with Gasteiger partial charge in [0.1, 0.15) is 5.82 Å². The number of hydrazine groups is 1. The summed E-state index contributed by atoms with van der Waals surface area (Å²) in [5.41, 5.74) is 10.5. The minimum Gasteiger partial charge on any atom is -0.415 e. The molecule has 0 aliphatic heterocycles. The molecule has 0 aromatic carbocycles. The first-order chi connectivity index (χ1) is 9.28. The number of hydrogen-bond acceptors (Lipinski definition) is 8. The number of pyridine rings is 1. The molecule has 8 nitrogen and oxygen atoms in total. The van der Waals surface area contributed by atoms with E-state index in [0.717, 1.165) is 11.8 Å². The average Bonchev–Trinajstić information content (AvgIpc) is 2.92. The molecule has 0 aliphatic carbocycles. The molecule has 0 fully saturated rings. The molecule has 4 N–H and O–H groups in total. The Balaban J connectivity index is 1.73. The molecule has 2 aromatic heterocycles. The smallest absolute Gasteiger partial charge is 0.277 e. The van der Waals surface area contributed by atoms with Crippen LogP contribution in [0.15, 0.2) is 34.0 Å². The van der Waals surface area contributed by atoms with E-state index in [0.29, 0.717) is 16.9 Å². The van der Waals surface area contributed by atoms with Crippen LogP contribution in [-0.2, 0) is 11.3 Å². The number of nitrogens with zero attached hydrogens (tertiary/aromatic N) is 3. The maximum Gasteiger partial charge on any atom is 0.277 e. The zero-order valence-corrected chi connectivity index (χ0v) is 10.7. The third-order valence-electron chi connectivity index (χ3n) is 1.94. The van der Waals surface area contributed by atoms with Crippen molar-refractivity contribution in [3.8, 4) is 0 Å². The van der Waals surface area contributed by atoms with Gasteiger partial charge in [-0.2, -0.15) is 0 Å². The van der Waals surface area contributed by atoms with Crippen LogP contribution in [0.2, 0.25) is 0 Å². The second-order valence-corrected chi connectivity index (χ2v) is 4.27. The van der Waals surface area contributed by atoms with Gasteiger partial charge >= 0.3 is 0 Å². The highest BCUT2D eigenvalue weighted by atomic mass is 32.2. The molecule has 0 radical (unpaired) electrons. The number of hydrogen-bond donors (Lipinski definition) is 3. The van der Waals surface area contributed by atoms with E-state index in [2.05, 4.69) is 26.0 Å². The second-order valence-electron chi connectivity index (χ2n) is 3.34. The Hall–Kier alpha value is -2.13. The molecule has 0 bridgehead atoms. The highest BCUT2D eigenvalue weighted by molar-refractivity contribution is 7.99. The van der Waals surface area contributed by atoms with E-state index in [4.69, 9.17) is 10.2 Å². The van der Waals surface area contributed by atoms with E-state index in [-0.39, 0.29) is 18.2 Å². The van der Waals surface area contributed by atoms with Gasteiger partial charge in [-0.1, -0.05) is 17.8 Å². The largest absolute Gasteiger partial charge is 0.415 e. The summed E-state index contributed by atoms with van der Waals surface area (Å²) >= 11 is 1.13. The molecule has 0 aliphatic rings. The van der Waals surface area contributed by atoms with Crippen molar-refractivity contribution in [1.82, 2.24) is 20.6 Å². The predicted octanol–water partition coefficient (Wildman–Crippen LogP) is 0.159. The van der Waals surface area contributed by atoms with E-state index in [1.165, 1.54) is 0 Å². The van der Waals surface area contributed by atoms with Crippen LogP contribution in [0.5, 0.6) is 0 Å². The van der Waals surface area contributed by atoms with Gasteiger partial charge in [0.05, 0.1) is 12.3 Å². The summed E-state index contributed by atoms with van der Waals surface area (Å²) in [7, 11) is 0. The Morgan fingerprint density at radius 3 is 3.00 bits per heavy atom. The lowest BCUT2D eigenvalue weighted by atomic mass is 10.5. The summed E-state index contributed by atoms with van der Waals surface area (Å²) in [6.45, 7) is 0.182. The maximum atomic E-state index is 11.5. The predicted molar refractivity (Wildman–Crippen MR) is 68.9 cm³/mol. The monoisotopic (exact) mass is 280 g/mol. The summed E-state index contributed by atoms with van der Waals surface area (Å²) in [5, 5.41) is 7.73. The van der Waals surface area contributed by atoms with Gasteiger partial charge in [0.15, 0.2) is 0 Å². The summed E-state index contributed by atoms with van der Waals surface area (Å²) in [6.07, 6.45) is 1.62. The van der Waals surface area contributed by atoms with E-state index in [1.54, 1.807) is 18.3 Å². The highest BCUT2D eigenvalue weighted by Gasteiger charge is 2.08. The summed E-state index contributed by atoms with van der Waals surface area (Å²) in [6, 6.07) is 5.33. The molecule has 100 valence electrons. The SMILES string of the molecule is NCc1nnc(SCC(=O)NNc2ccccn2)o1. The standard InChI is InChI=1S/C10H12N6O2S/c11-5-9-15-16-10(18-9)19-6-8(17)14-13-7-3-1-2-4-12-7/h1-4H,5-6,11H2,(H,12,13)(H,14,17). The van der Waals surface area contributed by atoms with Gasteiger partial charge in [-0.25, -0.2) is 4.98 Å². The van der Waals surface area contributed by atoms with Crippen LogP contribution >= 0.6 is 11.8 Å². The Bertz CT molecular complexity index is 532. The number of carbonyl (C=O) groups excluding carboxylic acids is 1. The lowest BCUT2D eigenvalue weighted by Gasteiger charge is -2.05. The van der Waals surface area contributed by atoms with Crippen LogP contribution in [0.25, 0.3) is 0 Å². The van der Waals surface area contributed by atoms with Gasteiger partial charge in [-0.05, 0) is 12.1 Å². The number of thioether (sulfide) groups is 1. The fourth-order valence-electron chi connectivity index (χ4n) is 1.11. The van der Waals surface area contributed by atoms with Crippen LogP contribution in [0.1, 0.15) is 5.89 Å². The van der Waals surface area contributed by atoms with Gasteiger partial charge in [0, 0.05) is 6.20 Å². The highest BCUT2D eigenvalue weighted by Crippen LogP contribution is 2.15. The van der Waals surface area contributed by atoms with E-state index < -0.39 is 0 Å². The fourth-order valence-corrected chi connectivity index (χ4v) is 1.69. The van der Waals surface area contributed by atoms with E-state index in [9.17, 15) is 4.79 Å². The molecular weight excluding hydrogens is 268 g/mol. The van der Waals surface area contributed by atoms with Gasteiger partial charge in [-0.15, -0.1) is 10.2 Å². The van der Waals surface area contributed by atoms with Crippen molar-refractivity contribution >= 4 is 23.5 Å². The fraction of sp³-hybridized carbons (Fsp3) is 0.200. The van der Waals surface area contributed by atoms with Gasteiger partial charge in [0.2, 0.25) is 11.8 Å². The van der Waals surface area contributed by atoms with Crippen molar-refractivity contribution in [3.63, 3.8) is 0 Å². The van der Waals surface area contributed by atoms with Crippen LogP contribution in [0.4, 0.5) is 5.82 Å². The molecule has 0 saturated carbocycles. The summed E-state index contributed by atoms with van der Waals surface area (Å²) < 4.78 is 5.15. The summed E-state index contributed by atoms with van der Waals surface area (Å²) in [5.74, 6) is 0.813. The summed E-state index contributed by atoms with van der Waals surface area (Å²) in [4.78, 5) is 15.5. The third kappa shape index (κ3) is 4.23. The van der Waals surface area contributed by atoms with Gasteiger partial charge in [0.25, 0.3) is 5.22 Å². The third-order valence-corrected chi connectivity index (χ3v) is 2.76. The normalized spacial score (nSPS) is 10.2. The van der Waals surface area contributed by atoms with E-state index >= 15 is 0 Å². The molecule has 2 heterocycles. The molecule has 0 unspecified atom stereocenters. The lowest BCUT2D eigenvalue weighted by Crippen LogP contribution is -2.31. The number of anilines is 1. The van der Waals surface area contributed by atoms with Crippen LogP contribution in [0, 0.1) is 0 Å². The Kier molecular flexibility index (Phi) is 4.70. The van der Waals surface area contributed by atoms with Crippen molar-refractivity contribution in [3.05, 3.63) is 30.3 Å². The first-order valence-corrected chi connectivity index (χ1v) is 6.37. The molecule has 0 saturated heterocycles. The van der Waals surface area contributed by atoms with Crippen molar-refractivity contribution < 1.29 is 9.21 Å². The minimum atomic E-state index is -0.233. The van der Waals surface area contributed by atoms with Gasteiger partial charge in [-0.3, -0.25) is 15.6 Å². The lowest BCUT2D eigenvalue weighted by molar-refractivity contribution is -0.118. The molecule has 9 heteroatoms. The number of carbonyl (C=O) groups is 1. The first kappa shape index (κ1) is 13.3. The molecule has 0 spiro atoms. The molecule has 1 amide bonds. The maximum absolute atomic E-state index is 11.5. The number of amides is 1. The Morgan fingerprint density at radius 2 is 2.32 bits per heavy atom. The molecule has 19 heavy (non-hydrogen) atoms. The van der Waals surface area contributed by atoms with Crippen molar-refractivity contribution in [2.75, 3.05) is 11.2 Å². The molecule has 2 aromatic rings. The zero-order valence-electron chi connectivity index (χ0n) is 9.87. The molecule has 2 rings (SSSR count). The number of nitrogens with one attached hydrogen (secondary N) is 2. The minimum absolute atomic E-state index is 0.145. The molecular formula is C10H12N6O2S. The van der Waals surface area contributed by atoms with E-state index in [1.807, 2.05) is 6.07 Å². The van der Waals surface area contributed by atoms with Crippen LogP contribution in [0.3, 0.4) is 0 Å². The number of rotatable bonds is 6. The van der Waals surface area contributed by atoms with Crippen LogP contribution < -0.4 is 16.6 Å². The first-order valence-electron chi connectivity index (χ1n) is 5.39. The van der Waals surface area contributed by atoms with Crippen molar-refractivity contribution in [2.45, 2.75) is 11.8 Å².